The first-order chi connectivity index (χ1) is 13.4. The molecule has 1 amide bonds. The quantitative estimate of drug-likeness (QED) is 0.645. The molecule has 0 saturated heterocycles. The number of hydrogen-bond acceptors (Lipinski definition) is 4. The van der Waals surface area contributed by atoms with Crippen molar-refractivity contribution in [3.05, 3.63) is 77.4 Å². The van der Waals surface area contributed by atoms with Gasteiger partial charge in [-0.15, -0.1) is 0 Å². The maximum absolute atomic E-state index is 12.7. The third kappa shape index (κ3) is 3.76. The summed E-state index contributed by atoms with van der Waals surface area (Å²) in [6.07, 6.45) is 0.322. The first-order valence-corrected chi connectivity index (χ1v) is 10.1. The highest BCUT2D eigenvalue weighted by molar-refractivity contribution is 8.15. The van der Waals surface area contributed by atoms with Crippen molar-refractivity contribution in [3.63, 3.8) is 0 Å². The molecule has 0 bridgehead atoms. The number of benzene rings is 3. The van der Waals surface area contributed by atoms with Crippen LogP contribution < -0.4 is 10.7 Å². The van der Waals surface area contributed by atoms with Crippen molar-refractivity contribution in [2.24, 2.45) is 5.10 Å². The molecule has 0 aliphatic carbocycles. The lowest BCUT2D eigenvalue weighted by Crippen LogP contribution is -2.36. The smallest absolute Gasteiger partial charge is 0.227 e. The molecule has 0 saturated carbocycles. The van der Waals surface area contributed by atoms with Gasteiger partial charge in [0.05, 0.1) is 6.42 Å². The summed E-state index contributed by atoms with van der Waals surface area (Å²) in [6.45, 7) is 6.07. The van der Waals surface area contributed by atoms with E-state index in [9.17, 15) is 4.79 Å². The first-order valence-electron chi connectivity index (χ1n) is 9.33. The lowest BCUT2D eigenvalue weighted by molar-refractivity contribution is -0.116. The molecule has 4 rings (SSSR count). The molecule has 0 fully saturated rings. The van der Waals surface area contributed by atoms with E-state index < -0.39 is 4.87 Å². The largest absolute Gasteiger partial charge is 0.326 e. The maximum atomic E-state index is 12.7. The second-order valence-electron chi connectivity index (χ2n) is 7.43. The normalized spacial score (nSPS) is 18.6. The zero-order chi connectivity index (χ0) is 19.7. The Balaban J connectivity index is 1.48. The van der Waals surface area contributed by atoms with E-state index in [0.717, 1.165) is 21.9 Å². The summed E-state index contributed by atoms with van der Waals surface area (Å²) in [5.74, 6) is -0.0242. The van der Waals surface area contributed by atoms with E-state index in [1.54, 1.807) is 11.8 Å². The third-order valence-corrected chi connectivity index (χ3v) is 6.08. The molecule has 0 spiro atoms. The Kier molecular flexibility index (Phi) is 4.85. The summed E-state index contributed by atoms with van der Waals surface area (Å²) in [5, 5.41) is 10.8. The molecule has 1 heterocycles. The zero-order valence-electron chi connectivity index (χ0n) is 16.2. The lowest BCUT2D eigenvalue weighted by atomic mass is 10.1. The van der Waals surface area contributed by atoms with E-state index in [4.69, 9.17) is 0 Å². The molecule has 5 heteroatoms. The van der Waals surface area contributed by atoms with E-state index in [2.05, 4.69) is 46.2 Å². The number of anilines is 1. The van der Waals surface area contributed by atoms with Gasteiger partial charge in [0.15, 0.2) is 0 Å². The van der Waals surface area contributed by atoms with Crippen LogP contribution in [0.5, 0.6) is 0 Å². The second-order valence-corrected chi connectivity index (χ2v) is 8.92. The van der Waals surface area contributed by atoms with Gasteiger partial charge < -0.3 is 5.32 Å². The van der Waals surface area contributed by atoms with E-state index in [-0.39, 0.29) is 5.91 Å². The number of thioether (sulfide) groups is 1. The summed E-state index contributed by atoms with van der Waals surface area (Å²) in [5.41, 5.74) is 7.38. The molecule has 1 atom stereocenters. The fourth-order valence-electron chi connectivity index (χ4n) is 3.49. The predicted octanol–water partition coefficient (Wildman–Crippen LogP) is 5.20. The highest BCUT2D eigenvalue weighted by Crippen LogP contribution is 2.36. The number of nitrogens with zero attached hydrogens (tertiary/aromatic N) is 1. The van der Waals surface area contributed by atoms with Crippen molar-refractivity contribution in [1.82, 2.24) is 5.43 Å². The number of rotatable bonds is 4. The molecule has 0 radical (unpaired) electrons. The van der Waals surface area contributed by atoms with Gasteiger partial charge >= 0.3 is 0 Å². The first kappa shape index (κ1) is 18.6. The predicted molar refractivity (Wildman–Crippen MR) is 119 cm³/mol. The molecule has 1 aliphatic heterocycles. The van der Waals surface area contributed by atoms with Crippen LogP contribution in [0, 0.1) is 13.8 Å². The number of carbonyl (C=O) groups excluding carboxylic acids is 1. The van der Waals surface area contributed by atoms with Crippen LogP contribution in [-0.4, -0.2) is 15.8 Å². The van der Waals surface area contributed by atoms with Crippen LogP contribution in [0.15, 0.2) is 65.8 Å². The Bertz CT molecular complexity index is 1090. The van der Waals surface area contributed by atoms with Crippen LogP contribution in [0.2, 0.25) is 0 Å². The van der Waals surface area contributed by atoms with Gasteiger partial charge in [0, 0.05) is 11.3 Å². The van der Waals surface area contributed by atoms with Crippen molar-refractivity contribution < 1.29 is 4.79 Å². The summed E-state index contributed by atoms with van der Waals surface area (Å²) in [6, 6.07) is 20.5. The van der Waals surface area contributed by atoms with Crippen molar-refractivity contribution in [2.45, 2.75) is 32.1 Å². The van der Waals surface area contributed by atoms with Gasteiger partial charge in [-0.25, -0.2) is 0 Å². The summed E-state index contributed by atoms with van der Waals surface area (Å²) >= 11 is 1.60. The third-order valence-electron chi connectivity index (χ3n) is 4.89. The number of aryl methyl sites for hydroxylation is 2. The van der Waals surface area contributed by atoms with Crippen LogP contribution in [0.4, 0.5) is 5.69 Å². The summed E-state index contributed by atoms with van der Waals surface area (Å²) in [4.78, 5) is 12.2. The number of nitrogens with one attached hydrogen (secondary N) is 2. The molecule has 28 heavy (non-hydrogen) atoms. The number of fused-ring (bicyclic) bond motifs is 1. The number of amides is 1. The molecule has 0 aromatic heterocycles. The van der Waals surface area contributed by atoms with E-state index in [1.807, 2.05) is 51.1 Å². The van der Waals surface area contributed by atoms with Gasteiger partial charge in [-0.1, -0.05) is 71.9 Å². The second kappa shape index (κ2) is 7.32. The van der Waals surface area contributed by atoms with Crippen molar-refractivity contribution in [2.75, 3.05) is 5.32 Å². The Hall–Kier alpha value is -2.79. The van der Waals surface area contributed by atoms with Crippen molar-refractivity contribution in [1.29, 1.82) is 0 Å². The SMILES string of the molecule is Cc1ccc(NC(=O)C[C@@]2(C)NN=C(c3cccc4ccccc34)S2)c(C)c1. The standard InChI is InChI=1S/C23H23N3OS/c1-15-11-12-20(16(2)13-15)24-21(27)14-23(3)26-25-22(28-23)19-10-6-8-17-7-4-5-9-18(17)19/h4-13,26H,14H2,1-3H3,(H,24,27)/t23-/m0/s1. The summed E-state index contributed by atoms with van der Waals surface area (Å²) < 4.78 is 0. The zero-order valence-corrected chi connectivity index (χ0v) is 17.1. The van der Waals surface area contributed by atoms with Crippen LogP contribution in [0.25, 0.3) is 10.8 Å². The molecular weight excluding hydrogens is 366 g/mol. The average molecular weight is 390 g/mol. The van der Waals surface area contributed by atoms with Crippen LogP contribution in [0.1, 0.15) is 30.0 Å². The van der Waals surface area contributed by atoms with E-state index in [1.165, 1.54) is 16.3 Å². The molecule has 0 unspecified atom stereocenters. The Morgan fingerprint density at radius 2 is 1.89 bits per heavy atom. The van der Waals surface area contributed by atoms with Gasteiger partial charge in [-0.05, 0) is 43.2 Å². The van der Waals surface area contributed by atoms with Gasteiger partial charge in [-0.3, -0.25) is 10.2 Å². The van der Waals surface area contributed by atoms with E-state index in [0.29, 0.717) is 6.42 Å². The summed E-state index contributed by atoms with van der Waals surface area (Å²) in [7, 11) is 0. The van der Waals surface area contributed by atoms with Crippen molar-refractivity contribution >= 4 is 39.2 Å². The monoisotopic (exact) mass is 389 g/mol. The van der Waals surface area contributed by atoms with E-state index >= 15 is 0 Å². The Morgan fingerprint density at radius 3 is 2.71 bits per heavy atom. The number of carbonyl (C=O) groups is 1. The molecule has 2 N–H and O–H groups in total. The van der Waals surface area contributed by atoms with Gasteiger partial charge in [0.2, 0.25) is 5.91 Å². The number of hydrazone groups is 1. The minimum Gasteiger partial charge on any atom is -0.326 e. The molecule has 3 aromatic rings. The van der Waals surface area contributed by atoms with Crippen LogP contribution >= 0.6 is 11.8 Å². The fraction of sp³-hybridized carbons (Fsp3) is 0.217. The Labute approximate surface area is 169 Å². The fourth-order valence-corrected chi connectivity index (χ4v) is 4.59. The van der Waals surface area contributed by atoms with Crippen molar-refractivity contribution in [3.8, 4) is 0 Å². The lowest BCUT2D eigenvalue weighted by Gasteiger charge is -2.22. The maximum Gasteiger partial charge on any atom is 0.227 e. The highest BCUT2D eigenvalue weighted by Gasteiger charge is 2.35. The molecule has 142 valence electrons. The molecule has 1 aliphatic rings. The minimum atomic E-state index is -0.477. The Morgan fingerprint density at radius 1 is 1.11 bits per heavy atom. The highest BCUT2D eigenvalue weighted by atomic mass is 32.2. The van der Waals surface area contributed by atoms with Gasteiger partial charge in [-0.2, -0.15) is 5.10 Å². The average Bonchev–Trinajstić information content (AvgIpc) is 3.05. The van der Waals surface area contributed by atoms with Gasteiger partial charge in [0.25, 0.3) is 0 Å². The number of hydrogen-bond donors (Lipinski definition) is 2. The van der Waals surface area contributed by atoms with Crippen LogP contribution in [0.3, 0.4) is 0 Å². The van der Waals surface area contributed by atoms with Gasteiger partial charge in [0.1, 0.15) is 9.91 Å². The molecule has 4 nitrogen and oxygen atoms in total. The van der Waals surface area contributed by atoms with Crippen LogP contribution in [-0.2, 0) is 4.79 Å². The topological polar surface area (TPSA) is 53.5 Å². The molecular formula is C23H23N3OS. The molecule has 3 aromatic carbocycles. The minimum absolute atomic E-state index is 0.0242.